The molecule has 0 heterocycles. The maximum absolute atomic E-state index is 13.7. The van der Waals surface area contributed by atoms with Crippen LogP contribution in [-0.2, 0) is 20.8 Å². The molecular formula is C28H28N2O7. The highest BCUT2D eigenvalue weighted by molar-refractivity contribution is 6.22. The number of carbonyl (C=O) groups excluding carboxylic acids is 3. The largest absolute Gasteiger partial charge is 0.508 e. The zero-order valence-electron chi connectivity index (χ0n) is 20.7. The van der Waals surface area contributed by atoms with Crippen LogP contribution in [0.2, 0.25) is 0 Å². The number of hydrogen-bond donors (Lipinski definition) is 5. The number of anilines is 1. The SMILES string of the molecule is Cc1cccc(-c2cc(N(C)C)c3c(c2O)C(O)=C2C(=O)C4(O)C(O)=C(C(N)=O)C(=O)CC4CC2C3)c1. The van der Waals surface area contributed by atoms with Crippen molar-refractivity contribution >= 4 is 28.9 Å². The van der Waals surface area contributed by atoms with Gasteiger partial charge in [0.15, 0.2) is 11.4 Å². The Morgan fingerprint density at radius 1 is 1.11 bits per heavy atom. The van der Waals surface area contributed by atoms with Gasteiger partial charge in [0.1, 0.15) is 22.8 Å². The van der Waals surface area contributed by atoms with Gasteiger partial charge in [0.2, 0.25) is 5.78 Å². The van der Waals surface area contributed by atoms with E-state index in [0.29, 0.717) is 11.1 Å². The van der Waals surface area contributed by atoms with Gasteiger partial charge >= 0.3 is 0 Å². The summed E-state index contributed by atoms with van der Waals surface area (Å²) in [6.45, 7) is 1.92. The van der Waals surface area contributed by atoms with Crippen LogP contribution in [0.1, 0.15) is 29.5 Å². The Bertz CT molecular complexity index is 1470. The Hall–Kier alpha value is -4.11. The second-order valence-electron chi connectivity index (χ2n) is 10.3. The Labute approximate surface area is 213 Å². The predicted molar refractivity (Wildman–Crippen MR) is 136 cm³/mol. The minimum Gasteiger partial charge on any atom is -0.508 e. The number of ketones is 2. The summed E-state index contributed by atoms with van der Waals surface area (Å²) in [6.07, 6.45) is -0.000204. The van der Waals surface area contributed by atoms with Crippen LogP contribution < -0.4 is 10.6 Å². The van der Waals surface area contributed by atoms with E-state index < -0.39 is 52.0 Å². The number of benzene rings is 2. The number of primary amides is 1. The van der Waals surface area contributed by atoms with E-state index >= 15 is 0 Å². The molecule has 0 spiro atoms. The number of aliphatic hydroxyl groups is 3. The second kappa shape index (κ2) is 8.21. The standard InChI is InChI=1S/C28H28N2O7/c1-12-5-4-6-13(7-12)16-11-18(30(2)3)17-9-14-8-15-10-19(31)22(27(29)36)26(35)28(15,37)25(34)20(14)24(33)21(17)23(16)32/h4-7,11,14-15,32-33,35,37H,8-10H2,1-3H3,(H2,29,36). The van der Waals surface area contributed by atoms with Crippen LogP contribution in [-0.4, -0.2) is 57.6 Å². The molecule has 9 heteroatoms. The lowest BCUT2D eigenvalue weighted by atomic mass is 9.59. The molecule has 2 aromatic carbocycles. The van der Waals surface area contributed by atoms with Crippen molar-refractivity contribution in [3.63, 3.8) is 0 Å². The number of nitrogens with two attached hydrogens (primary N) is 1. The fourth-order valence-corrected chi connectivity index (χ4v) is 6.10. The normalized spacial score (nSPS) is 25.0. The first-order chi connectivity index (χ1) is 17.4. The lowest BCUT2D eigenvalue weighted by Gasteiger charge is -2.46. The van der Waals surface area contributed by atoms with Gasteiger partial charge in [-0.2, -0.15) is 0 Å². The lowest BCUT2D eigenvalue weighted by molar-refractivity contribution is -0.147. The third kappa shape index (κ3) is 3.37. The second-order valence-corrected chi connectivity index (χ2v) is 10.3. The fraction of sp³-hybridized carbons (Fsp3) is 0.321. The zero-order valence-corrected chi connectivity index (χ0v) is 20.7. The summed E-state index contributed by atoms with van der Waals surface area (Å²) in [5.74, 6) is -6.36. The van der Waals surface area contributed by atoms with E-state index in [-0.39, 0.29) is 36.1 Å². The van der Waals surface area contributed by atoms with E-state index in [1.165, 1.54) is 0 Å². The molecule has 0 radical (unpaired) electrons. The molecule has 1 saturated carbocycles. The van der Waals surface area contributed by atoms with Crippen molar-refractivity contribution in [1.29, 1.82) is 0 Å². The Kier molecular flexibility index (Phi) is 5.45. The molecule has 37 heavy (non-hydrogen) atoms. The summed E-state index contributed by atoms with van der Waals surface area (Å²) in [6, 6.07) is 9.32. The van der Waals surface area contributed by atoms with E-state index in [4.69, 9.17) is 5.73 Å². The number of nitrogens with zero attached hydrogens (tertiary/aromatic N) is 1. The fourth-order valence-electron chi connectivity index (χ4n) is 6.10. The molecule has 6 N–H and O–H groups in total. The van der Waals surface area contributed by atoms with Crippen LogP contribution in [0.3, 0.4) is 0 Å². The van der Waals surface area contributed by atoms with E-state index in [0.717, 1.165) is 16.8 Å². The maximum atomic E-state index is 13.7. The van der Waals surface area contributed by atoms with Crippen LogP contribution in [0.15, 0.2) is 47.2 Å². The molecule has 192 valence electrons. The first-order valence-electron chi connectivity index (χ1n) is 12.0. The average Bonchev–Trinajstić information content (AvgIpc) is 2.81. The van der Waals surface area contributed by atoms with Gasteiger partial charge in [-0.1, -0.05) is 29.8 Å². The number of fused-ring (bicyclic) bond motifs is 3. The number of carbonyl (C=O) groups is 3. The van der Waals surface area contributed by atoms with Crippen LogP contribution in [0.25, 0.3) is 16.9 Å². The number of phenols is 1. The van der Waals surface area contributed by atoms with Gasteiger partial charge in [0, 0.05) is 43.3 Å². The number of aliphatic hydroxyl groups excluding tert-OH is 2. The Balaban J connectivity index is 1.76. The monoisotopic (exact) mass is 504 g/mol. The first-order valence-corrected chi connectivity index (χ1v) is 12.0. The molecule has 9 nitrogen and oxygen atoms in total. The van der Waals surface area contributed by atoms with Gasteiger partial charge in [-0.05, 0) is 42.9 Å². The smallest absolute Gasteiger partial charge is 0.255 e. The molecule has 1 amide bonds. The Morgan fingerprint density at radius 2 is 1.81 bits per heavy atom. The first kappa shape index (κ1) is 24.6. The van der Waals surface area contributed by atoms with Gasteiger partial charge in [-0.3, -0.25) is 14.4 Å². The molecule has 2 aromatic rings. The summed E-state index contributed by atoms with van der Waals surface area (Å²) in [5, 5.41) is 45.0. The summed E-state index contributed by atoms with van der Waals surface area (Å²) >= 11 is 0. The highest BCUT2D eigenvalue weighted by Gasteiger charge is 2.60. The number of hydrogen-bond acceptors (Lipinski definition) is 8. The third-order valence-electron chi connectivity index (χ3n) is 7.85. The summed E-state index contributed by atoms with van der Waals surface area (Å²) in [5.41, 5.74) is 5.29. The number of rotatable bonds is 3. The topological polar surface area (TPSA) is 161 Å². The molecule has 0 aromatic heterocycles. The van der Waals surface area contributed by atoms with Crippen LogP contribution in [0.4, 0.5) is 5.69 Å². The van der Waals surface area contributed by atoms with Crippen LogP contribution in [0, 0.1) is 18.8 Å². The predicted octanol–water partition coefficient (Wildman–Crippen LogP) is 2.47. The van der Waals surface area contributed by atoms with Crippen molar-refractivity contribution in [1.82, 2.24) is 0 Å². The highest BCUT2D eigenvalue weighted by Crippen LogP contribution is 2.54. The molecule has 0 aliphatic heterocycles. The number of aromatic hydroxyl groups is 1. The van der Waals surface area contributed by atoms with Crippen molar-refractivity contribution in [3.8, 4) is 16.9 Å². The zero-order chi connectivity index (χ0) is 27.0. The molecule has 3 unspecified atom stereocenters. The van der Waals surface area contributed by atoms with Gasteiger partial charge in [-0.15, -0.1) is 0 Å². The Morgan fingerprint density at radius 3 is 2.43 bits per heavy atom. The quantitative estimate of drug-likeness (QED) is 0.398. The van der Waals surface area contributed by atoms with Gasteiger partial charge in [-0.25, -0.2) is 0 Å². The molecule has 3 aliphatic rings. The molecule has 3 atom stereocenters. The van der Waals surface area contributed by atoms with Crippen LogP contribution >= 0.6 is 0 Å². The summed E-state index contributed by atoms with van der Waals surface area (Å²) < 4.78 is 0. The summed E-state index contributed by atoms with van der Waals surface area (Å²) in [4.78, 5) is 39.9. The summed E-state index contributed by atoms with van der Waals surface area (Å²) in [7, 11) is 3.67. The van der Waals surface area contributed by atoms with Crippen molar-refractivity contribution in [2.24, 2.45) is 17.6 Å². The van der Waals surface area contributed by atoms with Crippen LogP contribution in [0.5, 0.6) is 5.75 Å². The van der Waals surface area contributed by atoms with E-state index in [9.17, 15) is 34.8 Å². The van der Waals surface area contributed by atoms with Crippen molar-refractivity contribution in [2.45, 2.75) is 31.8 Å². The van der Waals surface area contributed by atoms with E-state index in [1.807, 2.05) is 56.3 Å². The number of Topliss-reactive ketones (excluding diaryl/α,β-unsaturated/α-hetero) is 2. The lowest BCUT2D eigenvalue weighted by Crippen LogP contribution is -2.58. The maximum Gasteiger partial charge on any atom is 0.255 e. The van der Waals surface area contributed by atoms with Gasteiger partial charge < -0.3 is 31.1 Å². The van der Waals surface area contributed by atoms with Crippen molar-refractivity contribution in [3.05, 3.63) is 63.9 Å². The molecule has 0 saturated heterocycles. The minimum absolute atomic E-state index is 0.0786. The number of aryl methyl sites for hydroxylation is 1. The molecule has 3 aliphatic carbocycles. The molecule has 1 fully saturated rings. The minimum atomic E-state index is -2.58. The molecular weight excluding hydrogens is 476 g/mol. The molecule has 5 rings (SSSR count). The van der Waals surface area contributed by atoms with Crippen molar-refractivity contribution in [2.75, 3.05) is 19.0 Å². The third-order valence-corrected chi connectivity index (χ3v) is 7.85. The van der Waals surface area contributed by atoms with E-state index in [2.05, 4.69) is 0 Å². The van der Waals surface area contributed by atoms with Gasteiger partial charge in [0.25, 0.3) is 5.91 Å². The van der Waals surface area contributed by atoms with Gasteiger partial charge in [0.05, 0.1) is 5.56 Å². The highest BCUT2D eigenvalue weighted by atomic mass is 16.3. The average molecular weight is 505 g/mol. The van der Waals surface area contributed by atoms with E-state index in [1.54, 1.807) is 0 Å². The molecule has 0 bridgehead atoms. The number of phenolic OH excluding ortho intramolecular Hbond substituents is 1. The van der Waals surface area contributed by atoms with Crippen molar-refractivity contribution < 1.29 is 34.8 Å². The number of amides is 1.